The second kappa shape index (κ2) is 6.49. The summed E-state index contributed by atoms with van der Waals surface area (Å²) < 4.78 is 21.1. The number of rotatable bonds is 4. The van der Waals surface area contributed by atoms with Crippen molar-refractivity contribution in [3.8, 4) is 11.5 Å². The Morgan fingerprint density at radius 1 is 1.09 bits per heavy atom. The lowest BCUT2D eigenvalue weighted by atomic mass is 10.2. The molecule has 0 radical (unpaired) electrons. The van der Waals surface area contributed by atoms with E-state index in [1.54, 1.807) is 12.1 Å². The number of nitrogens with one attached hydrogen (secondary N) is 1. The summed E-state index contributed by atoms with van der Waals surface area (Å²) in [5, 5.41) is 2.85. The van der Waals surface area contributed by atoms with E-state index in [0.717, 1.165) is 0 Å². The molecule has 0 atom stereocenters. The zero-order valence-corrected chi connectivity index (χ0v) is 14.6. The van der Waals surface area contributed by atoms with Gasteiger partial charge in [-0.3, -0.25) is 0 Å². The van der Waals surface area contributed by atoms with Crippen LogP contribution in [0.2, 0.25) is 0 Å². The van der Waals surface area contributed by atoms with Gasteiger partial charge in [-0.2, -0.15) is 0 Å². The monoisotopic (exact) mass is 385 g/mol. The van der Waals surface area contributed by atoms with Crippen LogP contribution >= 0.6 is 15.9 Å². The van der Waals surface area contributed by atoms with Crippen LogP contribution in [0.4, 0.5) is 5.69 Å². The van der Waals surface area contributed by atoms with E-state index in [1.165, 1.54) is 34.3 Å². The van der Waals surface area contributed by atoms with Crippen LogP contribution in [-0.2, 0) is 19.1 Å². The fourth-order valence-corrected chi connectivity index (χ4v) is 2.33. The van der Waals surface area contributed by atoms with Crippen molar-refractivity contribution < 1.29 is 28.5 Å². The second-order valence-corrected chi connectivity index (χ2v) is 5.92. The Morgan fingerprint density at radius 2 is 1.61 bits per heavy atom. The predicted octanol–water partition coefficient (Wildman–Crippen LogP) is 2.60. The molecule has 1 saturated heterocycles. The van der Waals surface area contributed by atoms with Gasteiger partial charge in [0.2, 0.25) is 0 Å². The third-order valence-electron chi connectivity index (χ3n) is 2.96. The van der Waals surface area contributed by atoms with Crippen molar-refractivity contribution in [2.24, 2.45) is 0 Å². The van der Waals surface area contributed by atoms with Crippen molar-refractivity contribution in [3.05, 3.63) is 28.4 Å². The molecule has 1 aromatic carbocycles. The van der Waals surface area contributed by atoms with E-state index in [1.807, 2.05) is 0 Å². The summed E-state index contributed by atoms with van der Waals surface area (Å²) in [6.45, 7) is 2.97. The van der Waals surface area contributed by atoms with Gasteiger partial charge in [0, 0.05) is 36.7 Å². The minimum atomic E-state index is -1.27. The molecule has 0 amide bonds. The first-order valence-electron chi connectivity index (χ1n) is 6.62. The molecule has 1 N–H and O–H groups in total. The van der Waals surface area contributed by atoms with E-state index in [9.17, 15) is 9.59 Å². The molecule has 1 aromatic rings. The van der Waals surface area contributed by atoms with Gasteiger partial charge in [-0.15, -0.1) is 0 Å². The number of carbonyl (C=O) groups excluding carboxylic acids is 2. The summed E-state index contributed by atoms with van der Waals surface area (Å²) in [5.74, 6) is -1.75. The molecule has 0 bridgehead atoms. The van der Waals surface area contributed by atoms with Gasteiger partial charge in [0.15, 0.2) is 17.1 Å². The lowest BCUT2D eigenvalue weighted by Crippen LogP contribution is -2.42. The largest absolute Gasteiger partial charge is 0.493 e. The lowest BCUT2D eigenvalue weighted by Gasteiger charge is -2.29. The average molecular weight is 386 g/mol. The molecule has 0 spiro atoms. The van der Waals surface area contributed by atoms with Gasteiger partial charge in [0.1, 0.15) is 0 Å². The molecule has 1 aliphatic heterocycles. The summed E-state index contributed by atoms with van der Waals surface area (Å²) in [5.41, 5.74) is 0.339. The number of benzene rings is 1. The van der Waals surface area contributed by atoms with Crippen LogP contribution in [0.25, 0.3) is 0 Å². The minimum absolute atomic E-state index is 0.231. The SMILES string of the molecule is COc1cc(Br)c(NC=C2C(=O)OC(C)(C)OC2=O)cc1OC. The number of hydrogen-bond acceptors (Lipinski definition) is 7. The molecule has 7 nitrogen and oxygen atoms in total. The number of methoxy groups -OCH3 is 2. The maximum atomic E-state index is 11.9. The maximum Gasteiger partial charge on any atom is 0.350 e. The fourth-order valence-electron chi connectivity index (χ4n) is 1.89. The third-order valence-corrected chi connectivity index (χ3v) is 3.62. The van der Waals surface area contributed by atoms with E-state index in [0.29, 0.717) is 21.7 Å². The first-order valence-corrected chi connectivity index (χ1v) is 7.41. The molecule has 0 aromatic heterocycles. The molecule has 1 fully saturated rings. The lowest BCUT2D eigenvalue weighted by molar-refractivity contribution is -0.222. The topological polar surface area (TPSA) is 83.1 Å². The van der Waals surface area contributed by atoms with Gasteiger partial charge in [-0.1, -0.05) is 0 Å². The van der Waals surface area contributed by atoms with Gasteiger partial charge in [-0.25, -0.2) is 9.59 Å². The summed E-state index contributed by atoms with van der Waals surface area (Å²) in [6.07, 6.45) is 1.23. The van der Waals surface area contributed by atoms with E-state index in [4.69, 9.17) is 18.9 Å². The first-order chi connectivity index (χ1) is 10.8. The van der Waals surface area contributed by atoms with E-state index < -0.39 is 17.7 Å². The highest BCUT2D eigenvalue weighted by Gasteiger charge is 2.38. The van der Waals surface area contributed by atoms with Gasteiger partial charge >= 0.3 is 11.9 Å². The van der Waals surface area contributed by atoms with Gasteiger partial charge in [0.25, 0.3) is 5.79 Å². The average Bonchev–Trinajstić information content (AvgIpc) is 2.46. The number of halogens is 1. The quantitative estimate of drug-likeness (QED) is 0.484. The van der Waals surface area contributed by atoms with Crippen molar-refractivity contribution in [1.29, 1.82) is 0 Å². The Kier molecular flexibility index (Phi) is 4.84. The van der Waals surface area contributed by atoms with E-state index >= 15 is 0 Å². The first kappa shape index (κ1) is 17.1. The highest BCUT2D eigenvalue weighted by atomic mass is 79.9. The predicted molar refractivity (Wildman–Crippen MR) is 85.2 cm³/mol. The molecule has 1 heterocycles. The van der Waals surface area contributed by atoms with Crippen molar-refractivity contribution in [2.45, 2.75) is 19.6 Å². The number of ether oxygens (including phenoxy) is 4. The number of esters is 2. The standard InChI is InChI=1S/C15H16BrNO6/c1-15(2)22-13(18)8(14(19)23-15)7-17-10-6-12(21-4)11(20-3)5-9(10)16/h5-7,17H,1-4H3. The highest BCUT2D eigenvalue weighted by molar-refractivity contribution is 9.10. The van der Waals surface area contributed by atoms with Crippen LogP contribution in [0, 0.1) is 0 Å². The van der Waals surface area contributed by atoms with Crippen LogP contribution in [0.5, 0.6) is 11.5 Å². The van der Waals surface area contributed by atoms with Crippen molar-refractivity contribution in [3.63, 3.8) is 0 Å². The van der Waals surface area contributed by atoms with Gasteiger partial charge < -0.3 is 24.3 Å². The van der Waals surface area contributed by atoms with E-state index in [2.05, 4.69) is 21.2 Å². The number of anilines is 1. The highest BCUT2D eigenvalue weighted by Crippen LogP contribution is 2.36. The molecule has 0 saturated carbocycles. The van der Waals surface area contributed by atoms with Crippen LogP contribution < -0.4 is 14.8 Å². The number of cyclic esters (lactones) is 2. The second-order valence-electron chi connectivity index (χ2n) is 5.07. The smallest absolute Gasteiger partial charge is 0.350 e. The molecule has 124 valence electrons. The molecule has 2 rings (SSSR count). The Bertz CT molecular complexity index is 661. The van der Waals surface area contributed by atoms with Crippen molar-refractivity contribution in [2.75, 3.05) is 19.5 Å². The van der Waals surface area contributed by atoms with E-state index in [-0.39, 0.29) is 5.57 Å². The van der Waals surface area contributed by atoms with Crippen molar-refractivity contribution >= 4 is 33.6 Å². The summed E-state index contributed by atoms with van der Waals surface area (Å²) in [6, 6.07) is 3.35. The Labute approximate surface area is 141 Å². The zero-order chi connectivity index (χ0) is 17.2. The molecular weight excluding hydrogens is 370 g/mol. The van der Waals surface area contributed by atoms with Crippen LogP contribution in [0.3, 0.4) is 0 Å². The molecule has 0 unspecified atom stereocenters. The Hall–Kier alpha value is -2.22. The van der Waals surface area contributed by atoms with Crippen LogP contribution in [0.1, 0.15) is 13.8 Å². The maximum absolute atomic E-state index is 11.9. The molecule has 23 heavy (non-hydrogen) atoms. The normalized spacial score (nSPS) is 16.3. The minimum Gasteiger partial charge on any atom is -0.493 e. The summed E-state index contributed by atoms with van der Waals surface area (Å²) in [4.78, 5) is 23.7. The van der Waals surface area contributed by atoms with Crippen LogP contribution in [0.15, 0.2) is 28.4 Å². The Morgan fingerprint density at radius 3 is 2.13 bits per heavy atom. The van der Waals surface area contributed by atoms with Gasteiger partial charge in [-0.05, 0) is 15.9 Å². The van der Waals surface area contributed by atoms with Crippen molar-refractivity contribution in [1.82, 2.24) is 0 Å². The van der Waals surface area contributed by atoms with Crippen LogP contribution in [-0.4, -0.2) is 31.9 Å². The third kappa shape index (κ3) is 3.76. The summed E-state index contributed by atoms with van der Waals surface area (Å²) >= 11 is 3.36. The Balaban J connectivity index is 2.26. The molecular formula is C15H16BrNO6. The summed E-state index contributed by atoms with van der Waals surface area (Å²) in [7, 11) is 3.03. The number of carbonyl (C=O) groups is 2. The molecule has 1 aliphatic rings. The fraction of sp³-hybridized carbons (Fsp3) is 0.333. The zero-order valence-electron chi connectivity index (χ0n) is 13.1. The number of hydrogen-bond donors (Lipinski definition) is 1. The van der Waals surface area contributed by atoms with Gasteiger partial charge in [0.05, 0.1) is 19.9 Å². The molecule has 8 heteroatoms. The molecule has 0 aliphatic carbocycles.